The van der Waals surface area contributed by atoms with Crippen LogP contribution in [0.15, 0.2) is 30.3 Å². The SMILES string of the molecule is O=C(O)C1CCO[C@H]1C1CCN(C(=O)Cc2ccccc2)CC1. The van der Waals surface area contributed by atoms with Gasteiger partial charge >= 0.3 is 5.97 Å². The summed E-state index contributed by atoms with van der Waals surface area (Å²) in [5, 5.41) is 9.27. The highest BCUT2D eigenvalue weighted by molar-refractivity contribution is 5.78. The first kappa shape index (κ1) is 16.0. The molecule has 5 heteroatoms. The number of nitrogens with zero attached hydrogens (tertiary/aromatic N) is 1. The minimum Gasteiger partial charge on any atom is -0.481 e. The van der Waals surface area contributed by atoms with Crippen molar-refractivity contribution >= 4 is 11.9 Å². The van der Waals surface area contributed by atoms with Crippen molar-refractivity contribution in [2.45, 2.75) is 31.8 Å². The minimum absolute atomic E-state index is 0.150. The molecule has 1 amide bonds. The number of carboxylic acids is 1. The molecule has 0 spiro atoms. The van der Waals surface area contributed by atoms with Gasteiger partial charge in [-0.2, -0.15) is 0 Å². The van der Waals surface area contributed by atoms with E-state index in [-0.39, 0.29) is 23.8 Å². The average molecular weight is 317 g/mol. The molecule has 1 aromatic carbocycles. The number of rotatable bonds is 4. The van der Waals surface area contributed by atoms with Crippen molar-refractivity contribution in [1.29, 1.82) is 0 Å². The lowest BCUT2D eigenvalue weighted by molar-refractivity contribution is -0.145. The number of carboxylic acid groups (broad SMARTS) is 1. The number of benzene rings is 1. The van der Waals surface area contributed by atoms with E-state index in [0.717, 1.165) is 18.4 Å². The molecule has 0 aliphatic carbocycles. The van der Waals surface area contributed by atoms with Crippen molar-refractivity contribution in [2.75, 3.05) is 19.7 Å². The lowest BCUT2D eigenvalue weighted by Gasteiger charge is -2.35. The van der Waals surface area contributed by atoms with E-state index in [2.05, 4.69) is 0 Å². The zero-order valence-corrected chi connectivity index (χ0v) is 13.2. The molecule has 1 unspecified atom stereocenters. The predicted molar refractivity (Wildman–Crippen MR) is 84.9 cm³/mol. The van der Waals surface area contributed by atoms with Crippen LogP contribution < -0.4 is 0 Å². The molecule has 2 aliphatic rings. The van der Waals surface area contributed by atoms with Crippen molar-refractivity contribution in [2.24, 2.45) is 11.8 Å². The van der Waals surface area contributed by atoms with Crippen molar-refractivity contribution < 1.29 is 19.4 Å². The molecule has 2 atom stereocenters. The van der Waals surface area contributed by atoms with Crippen LogP contribution in [0, 0.1) is 11.8 Å². The van der Waals surface area contributed by atoms with Crippen LogP contribution in [0.25, 0.3) is 0 Å². The Morgan fingerprint density at radius 1 is 1.13 bits per heavy atom. The Bertz CT molecular complexity index is 551. The summed E-state index contributed by atoms with van der Waals surface area (Å²) < 4.78 is 5.67. The van der Waals surface area contributed by atoms with Crippen molar-refractivity contribution in [3.8, 4) is 0 Å². The van der Waals surface area contributed by atoms with Gasteiger partial charge in [0, 0.05) is 19.7 Å². The Balaban J connectivity index is 1.52. The van der Waals surface area contributed by atoms with Crippen LogP contribution in [-0.4, -0.2) is 47.7 Å². The van der Waals surface area contributed by atoms with Crippen molar-refractivity contribution in [1.82, 2.24) is 4.90 Å². The molecule has 124 valence electrons. The van der Waals surface area contributed by atoms with Gasteiger partial charge in [0.25, 0.3) is 0 Å². The maximum absolute atomic E-state index is 12.4. The third kappa shape index (κ3) is 3.72. The standard InChI is InChI=1S/C18H23NO4/c20-16(12-13-4-2-1-3-5-13)19-9-6-14(7-10-19)17-15(18(21)22)8-11-23-17/h1-5,14-15,17H,6-12H2,(H,21,22)/t15?,17-/m0/s1. The maximum Gasteiger partial charge on any atom is 0.309 e. The normalized spacial score (nSPS) is 25.5. The summed E-state index contributed by atoms with van der Waals surface area (Å²) in [4.78, 5) is 25.6. The topological polar surface area (TPSA) is 66.8 Å². The Morgan fingerprint density at radius 3 is 2.48 bits per heavy atom. The molecule has 23 heavy (non-hydrogen) atoms. The molecule has 2 heterocycles. The van der Waals surface area contributed by atoms with E-state index in [4.69, 9.17) is 4.74 Å². The van der Waals surface area contributed by atoms with Gasteiger partial charge < -0.3 is 14.7 Å². The number of carbonyl (C=O) groups excluding carboxylic acids is 1. The van der Waals surface area contributed by atoms with Gasteiger partial charge in [-0.25, -0.2) is 0 Å². The van der Waals surface area contributed by atoms with Crippen molar-refractivity contribution in [3.63, 3.8) is 0 Å². The Morgan fingerprint density at radius 2 is 1.83 bits per heavy atom. The first-order chi connectivity index (χ1) is 11.1. The van der Waals surface area contributed by atoms with Crippen molar-refractivity contribution in [3.05, 3.63) is 35.9 Å². The van der Waals surface area contributed by atoms with E-state index in [9.17, 15) is 14.7 Å². The number of carbonyl (C=O) groups is 2. The third-order valence-electron chi connectivity index (χ3n) is 5.01. The summed E-state index contributed by atoms with van der Waals surface area (Å²) >= 11 is 0. The molecule has 3 rings (SSSR count). The zero-order chi connectivity index (χ0) is 16.2. The number of hydrogen-bond donors (Lipinski definition) is 1. The smallest absolute Gasteiger partial charge is 0.309 e. The van der Waals surface area contributed by atoms with Crippen LogP contribution in [0.3, 0.4) is 0 Å². The highest BCUT2D eigenvalue weighted by atomic mass is 16.5. The molecule has 2 aliphatic heterocycles. The molecule has 0 aromatic heterocycles. The second-order valence-corrected chi connectivity index (χ2v) is 6.45. The number of aliphatic carboxylic acids is 1. The van der Waals surface area contributed by atoms with Gasteiger partial charge in [0.2, 0.25) is 5.91 Å². The number of hydrogen-bond acceptors (Lipinski definition) is 3. The number of piperidine rings is 1. The lowest BCUT2D eigenvalue weighted by Crippen LogP contribution is -2.43. The second kappa shape index (κ2) is 7.13. The molecule has 0 radical (unpaired) electrons. The summed E-state index contributed by atoms with van der Waals surface area (Å²) in [5.41, 5.74) is 1.03. The van der Waals surface area contributed by atoms with E-state index in [1.807, 2.05) is 35.2 Å². The second-order valence-electron chi connectivity index (χ2n) is 6.45. The van der Waals surface area contributed by atoms with E-state index in [0.29, 0.717) is 32.5 Å². The summed E-state index contributed by atoms with van der Waals surface area (Å²) in [7, 11) is 0. The highest BCUT2D eigenvalue weighted by Crippen LogP contribution is 2.33. The summed E-state index contributed by atoms with van der Waals surface area (Å²) in [6, 6.07) is 9.76. The van der Waals surface area contributed by atoms with Crippen LogP contribution in [0.1, 0.15) is 24.8 Å². The van der Waals surface area contributed by atoms with Gasteiger partial charge in [-0.3, -0.25) is 9.59 Å². The fourth-order valence-corrected chi connectivity index (χ4v) is 3.70. The van der Waals surface area contributed by atoms with E-state index in [1.54, 1.807) is 0 Å². The first-order valence-electron chi connectivity index (χ1n) is 8.31. The molecule has 1 N–H and O–H groups in total. The van der Waals surface area contributed by atoms with Crippen LogP contribution in [0.4, 0.5) is 0 Å². The summed E-state index contributed by atoms with van der Waals surface area (Å²) in [6.07, 6.45) is 2.51. The fraction of sp³-hybridized carbons (Fsp3) is 0.556. The molecule has 2 fully saturated rings. The Labute approximate surface area is 136 Å². The van der Waals surface area contributed by atoms with Crippen LogP contribution in [0.2, 0.25) is 0 Å². The Hall–Kier alpha value is -1.88. The molecular formula is C18H23NO4. The first-order valence-corrected chi connectivity index (χ1v) is 8.31. The molecule has 2 saturated heterocycles. The number of amides is 1. The van der Waals surface area contributed by atoms with Gasteiger partial charge in [0.05, 0.1) is 18.4 Å². The quantitative estimate of drug-likeness (QED) is 0.922. The fourth-order valence-electron chi connectivity index (χ4n) is 3.70. The highest BCUT2D eigenvalue weighted by Gasteiger charge is 2.40. The van der Waals surface area contributed by atoms with Crippen LogP contribution in [-0.2, 0) is 20.7 Å². The maximum atomic E-state index is 12.4. The molecule has 0 saturated carbocycles. The van der Waals surface area contributed by atoms with Crippen LogP contribution >= 0.6 is 0 Å². The minimum atomic E-state index is -0.755. The Kier molecular flexibility index (Phi) is 4.96. The zero-order valence-electron chi connectivity index (χ0n) is 13.2. The van der Waals surface area contributed by atoms with E-state index >= 15 is 0 Å². The van der Waals surface area contributed by atoms with Gasteiger partial charge in [0.15, 0.2) is 0 Å². The molecule has 0 bridgehead atoms. The summed E-state index contributed by atoms with van der Waals surface area (Å²) in [5.74, 6) is -0.738. The van der Waals surface area contributed by atoms with Gasteiger partial charge in [-0.15, -0.1) is 0 Å². The van der Waals surface area contributed by atoms with Crippen LogP contribution in [0.5, 0.6) is 0 Å². The molecular weight excluding hydrogens is 294 g/mol. The molecule has 5 nitrogen and oxygen atoms in total. The van der Waals surface area contributed by atoms with Gasteiger partial charge in [0.1, 0.15) is 0 Å². The summed E-state index contributed by atoms with van der Waals surface area (Å²) in [6.45, 7) is 1.93. The predicted octanol–water partition coefficient (Wildman–Crippen LogP) is 1.96. The third-order valence-corrected chi connectivity index (χ3v) is 5.01. The number of ether oxygens (including phenoxy) is 1. The molecule has 1 aromatic rings. The van der Waals surface area contributed by atoms with E-state index in [1.165, 1.54) is 0 Å². The van der Waals surface area contributed by atoms with Gasteiger partial charge in [-0.05, 0) is 30.7 Å². The number of likely N-dealkylation sites (tertiary alicyclic amines) is 1. The monoisotopic (exact) mass is 317 g/mol. The van der Waals surface area contributed by atoms with E-state index < -0.39 is 5.97 Å². The average Bonchev–Trinajstić information content (AvgIpc) is 3.06. The largest absolute Gasteiger partial charge is 0.481 e. The van der Waals surface area contributed by atoms with Gasteiger partial charge in [-0.1, -0.05) is 30.3 Å². The lowest BCUT2D eigenvalue weighted by atomic mass is 9.84.